The minimum Gasteiger partial charge on any atom is -0.481 e. The topological polar surface area (TPSA) is 122 Å². The zero-order valence-corrected chi connectivity index (χ0v) is 20.6. The number of tetrazole rings is 1. The number of benzene rings is 2. The van der Waals surface area contributed by atoms with Crippen molar-refractivity contribution >= 4 is 5.97 Å². The van der Waals surface area contributed by atoms with Crippen molar-refractivity contribution in [3.8, 4) is 22.5 Å². The molecule has 2 aromatic carbocycles. The molecule has 1 atom stereocenters. The van der Waals surface area contributed by atoms with Crippen LogP contribution in [-0.2, 0) is 11.3 Å². The highest BCUT2D eigenvalue weighted by Crippen LogP contribution is 2.36. The van der Waals surface area contributed by atoms with Crippen LogP contribution in [0.1, 0.15) is 75.0 Å². The fraction of sp³-hybridized carbons (Fsp3) is 0.407. The average Bonchev–Trinajstić information content (AvgIpc) is 3.60. The number of aliphatic carboxylic acids is 1. The number of rotatable bonds is 8. The SMILES string of the molecule is CCC(C)c1nc(C2CCC(C(=O)O)CC2)n(Cc2ccc(-c3ccccc3-c3nn[nH]n3)cc2)n1. The molecule has 9 nitrogen and oxygen atoms in total. The van der Waals surface area contributed by atoms with E-state index >= 15 is 0 Å². The van der Waals surface area contributed by atoms with Crippen molar-refractivity contribution in [2.24, 2.45) is 5.92 Å². The number of hydrogen-bond acceptors (Lipinski definition) is 6. The first-order valence-electron chi connectivity index (χ1n) is 12.6. The summed E-state index contributed by atoms with van der Waals surface area (Å²) < 4.78 is 2.04. The molecule has 0 aliphatic heterocycles. The summed E-state index contributed by atoms with van der Waals surface area (Å²) in [4.78, 5) is 16.4. The second-order valence-corrected chi connectivity index (χ2v) is 9.66. The molecule has 5 rings (SSSR count). The predicted molar refractivity (Wildman–Crippen MR) is 135 cm³/mol. The van der Waals surface area contributed by atoms with Gasteiger partial charge >= 0.3 is 5.97 Å². The van der Waals surface area contributed by atoms with Gasteiger partial charge in [0.2, 0.25) is 5.82 Å². The Hall–Kier alpha value is -3.88. The van der Waals surface area contributed by atoms with Crippen molar-refractivity contribution in [2.75, 3.05) is 0 Å². The van der Waals surface area contributed by atoms with E-state index in [-0.39, 0.29) is 17.8 Å². The zero-order chi connectivity index (χ0) is 25.1. The van der Waals surface area contributed by atoms with E-state index in [0.29, 0.717) is 25.2 Å². The van der Waals surface area contributed by atoms with Crippen LogP contribution in [0.4, 0.5) is 0 Å². The van der Waals surface area contributed by atoms with Gasteiger partial charge in [-0.1, -0.05) is 62.4 Å². The van der Waals surface area contributed by atoms with Crippen LogP contribution in [0, 0.1) is 5.92 Å². The van der Waals surface area contributed by atoms with E-state index < -0.39 is 5.97 Å². The first-order chi connectivity index (χ1) is 17.5. The maximum Gasteiger partial charge on any atom is 0.306 e. The standard InChI is InChI=1S/C27H31N7O2/c1-3-17(2)24-28-26(20-12-14-21(15-13-20)27(35)36)34(31-24)16-18-8-10-19(11-9-18)22-6-4-5-7-23(22)25-29-32-33-30-25/h4-11,17,20-21H,3,12-16H2,1-2H3,(H,35,36)(H,29,30,32,33). The number of nitrogens with one attached hydrogen (secondary N) is 1. The maximum absolute atomic E-state index is 11.4. The summed E-state index contributed by atoms with van der Waals surface area (Å²) in [5.41, 5.74) is 4.18. The maximum atomic E-state index is 11.4. The van der Waals surface area contributed by atoms with Crippen molar-refractivity contribution in [1.82, 2.24) is 35.4 Å². The van der Waals surface area contributed by atoms with Crippen LogP contribution < -0.4 is 0 Å². The largest absolute Gasteiger partial charge is 0.481 e. The summed E-state index contributed by atoms with van der Waals surface area (Å²) in [5, 5.41) is 28.8. The Balaban J connectivity index is 1.39. The van der Waals surface area contributed by atoms with Crippen molar-refractivity contribution in [1.29, 1.82) is 0 Å². The van der Waals surface area contributed by atoms with Crippen LogP contribution in [0.5, 0.6) is 0 Å². The van der Waals surface area contributed by atoms with Gasteiger partial charge < -0.3 is 5.11 Å². The molecule has 1 unspecified atom stereocenters. The van der Waals surface area contributed by atoms with Gasteiger partial charge in [-0.2, -0.15) is 10.3 Å². The Labute approximate surface area is 210 Å². The Morgan fingerprint density at radius 1 is 1.08 bits per heavy atom. The quantitative estimate of drug-likeness (QED) is 0.358. The predicted octanol–water partition coefficient (Wildman–Crippen LogP) is 5.05. The normalized spacial score (nSPS) is 18.7. The van der Waals surface area contributed by atoms with E-state index in [1.807, 2.05) is 22.9 Å². The molecule has 1 aliphatic carbocycles. The number of carboxylic acid groups (broad SMARTS) is 1. The van der Waals surface area contributed by atoms with Gasteiger partial charge in [-0.3, -0.25) is 4.79 Å². The molecule has 0 spiro atoms. The third-order valence-electron chi connectivity index (χ3n) is 7.32. The third-order valence-corrected chi connectivity index (χ3v) is 7.32. The molecule has 0 amide bonds. The molecule has 2 N–H and O–H groups in total. The van der Waals surface area contributed by atoms with Crippen LogP contribution >= 0.6 is 0 Å². The van der Waals surface area contributed by atoms with E-state index in [1.165, 1.54) is 0 Å². The van der Waals surface area contributed by atoms with Gasteiger partial charge in [0.1, 0.15) is 5.82 Å². The highest BCUT2D eigenvalue weighted by molar-refractivity contribution is 5.80. The average molecular weight is 486 g/mol. The van der Waals surface area contributed by atoms with Crippen LogP contribution in [-0.4, -0.2) is 46.5 Å². The first-order valence-corrected chi connectivity index (χ1v) is 12.6. The Kier molecular flexibility index (Phi) is 6.88. The van der Waals surface area contributed by atoms with Gasteiger partial charge in [0.05, 0.1) is 12.5 Å². The molecular formula is C27H31N7O2. The monoisotopic (exact) mass is 485 g/mol. The first kappa shape index (κ1) is 23.8. The fourth-order valence-electron chi connectivity index (χ4n) is 4.95. The Morgan fingerprint density at radius 3 is 2.44 bits per heavy atom. The number of nitrogens with zero attached hydrogens (tertiary/aromatic N) is 6. The molecule has 2 aromatic heterocycles. The van der Waals surface area contributed by atoms with Crippen molar-refractivity contribution in [2.45, 2.75) is 64.3 Å². The molecule has 1 saturated carbocycles. The van der Waals surface area contributed by atoms with Gasteiger partial charge in [0.15, 0.2) is 5.82 Å². The molecule has 0 bridgehead atoms. The van der Waals surface area contributed by atoms with Crippen molar-refractivity contribution in [3.05, 3.63) is 65.7 Å². The van der Waals surface area contributed by atoms with Gasteiger partial charge in [-0.15, -0.1) is 10.2 Å². The van der Waals surface area contributed by atoms with Gasteiger partial charge in [0.25, 0.3) is 0 Å². The molecule has 4 aromatic rings. The van der Waals surface area contributed by atoms with E-state index in [9.17, 15) is 9.90 Å². The zero-order valence-electron chi connectivity index (χ0n) is 20.6. The molecule has 0 saturated heterocycles. The van der Waals surface area contributed by atoms with Crippen LogP contribution in [0.3, 0.4) is 0 Å². The fourth-order valence-corrected chi connectivity index (χ4v) is 4.95. The number of aromatic nitrogens is 7. The number of H-pyrrole nitrogens is 1. The van der Waals surface area contributed by atoms with Crippen molar-refractivity contribution in [3.63, 3.8) is 0 Å². The lowest BCUT2D eigenvalue weighted by Gasteiger charge is -2.25. The lowest BCUT2D eigenvalue weighted by Crippen LogP contribution is -2.22. The lowest BCUT2D eigenvalue weighted by molar-refractivity contribution is -0.142. The molecule has 36 heavy (non-hydrogen) atoms. The third kappa shape index (κ3) is 4.91. The van der Waals surface area contributed by atoms with E-state index in [4.69, 9.17) is 10.1 Å². The van der Waals surface area contributed by atoms with Crippen LogP contribution in [0.25, 0.3) is 22.5 Å². The van der Waals surface area contributed by atoms with Crippen molar-refractivity contribution < 1.29 is 9.90 Å². The molecule has 9 heteroatoms. The van der Waals surface area contributed by atoms with E-state index in [0.717, 1.165) is 53.2 Å². The van der Waals surface area contributed by atoms with Gasteiger partial charge in [-0.25, -0.2) is 9.67 Å². The van der Waals surface area contributed by atoms with Gasteiger partial charge in [-0.05, 0) is 54.0 Å². The van der Waals surface area contributed by atoms with Crippen LogP contribution in [0.15, 0.2) is 48.5 Å². The minimum absolute atomic E-state index is 0.241. The number of carbonyl (C=O) groups is 1. The smallest absolute Gasteiger partial charge is 0.306 e. The minimum atomic E-state index is -0.684. The van der Waals surface area contributed by atoms with E-state index in [1.54, 1.807) is 0 Å². The summed E-state index contributed by atoms with van der Waals surface area (Å²) >= 11 is 0. The Bertz CT molecular complexity index is 1310. The summed E-state index contributed by atoms with van der Waals surface area (Å²) in [6.45, 7) is 4.93. The van der Waals surface area contributed by atoms with Gasteiger partial charge in [0, 0.05) is 17.4 Å². The second-order valence-electron chi connectivity index (χ2n) is 9.66. The number of carboxylic acids is 1. The molecular weight excluding hydrogens is 454 g/mol. The Morgan fingerprint density at radius 2 is 1.81 bits per heavy atom. The summed E-state index contributed by atoms with van der Waals surface area (Å²) in [6, 6.07) is 16.5. The lowest BCUT2D eigenvalue weighted by atomic mass is 9.81. The highest BCUT2D eigenvalue weighted by Gasteiger charge is 2.30. The summed E-state index contributed by atoms with van der Waals surface area (Å²) in [7, 11) is 0. The molecule has 0 radical (unpaired) electrons. The molecule has 186 valence electrons. The second kappa shape index (κ2) is 10.4. The molecule has 1 fully saturated rings. The van der Waals surface area contributed by atoms with E-state index in [2.05, 4.69) is 64.8 Å². The molecule has 1 aliphatic rings. The summed E-state index contributed by atoms with van der Waals surface area (Å²) in [6.07, 6.45) is 4.03. The van der Waals surface area contributed by atoms with Crippen LogP contribution in [0.2, 0.25) is 0 Å². The number of aromatic amines is 1. The highest BCUT2D eigenvalue weighted by atomic mass is 16.4. The summed E-state index contributed by atoms with van der Waals surface area (Å²) in [5.74, 6) is 2.03. The number of hydrogen-bond donors (Lipinski definition) is 2. The molecule has 2 heterocycles.